The number of nitrogens with zero attached hydrogens (tertiary/aromatic N) is 1. The Balaban J connectivity index is 1.57. The van der Waals surface area contributed by atoms with Gasteiger partial charge in [-0.25, -0.2) is 4.79 Å². The first-order chi connectivity index (χ1) is 16.8. The molecule has 178 valence electrons. The average molecular weight is 593 g/mol. The van der Waals surface area contributed by atoms with Crippen molar-refractivity contribution in [2.45, 2.75) is 6.54 Å². The molecule has 1 aliphatic rings. The van der Waals surface area contributed by atoms with Crippen LogP contribution in [-0.2, 0) is 11.3 Å². The Morgan fingerprint density at radius 3 is 2.49 bits per heavy atom. The van der Waals surface area contributed by atoms with Gasteiger partial charge in [0.05, 0.1) is 28.6 Å². The van der Waals surface area contributed by atoms with Gasteiger partial charge in [-0.15, -0.1) is 0 Å². The summed E-state index contributed by atoms with van der Waals surface area (Å²) in [4.78, 5) is 39.4. The van der Waals surface area contributed by atoms with Gasteiger partial charge in [-0.05, 0) is 87.4 Å². The molecule has 4 rings (SSSR count). The van der Waals surface area contributed by atoms with Crippen molar-refractivity contribution in [2.24, 2.45) is 0 Å². The average Bonchev–Trinajstić information content (AvgIpc) is 3.09. The maximum atomic E-state index is 12.9. The van der Waals surface area contributed by atoms with Gasteiger partial charge in [0, 0.05) is 10.0 Å². The van der Waals surface area contributed by atoms with E-state index in [1.165, 1.54) is 7.11 Å². The smallest absolute Gasteiger partial charge is 0.343 e. The van der Waals surface area contributed by atoms with Gasteiger partial charge in [-0.1, -0.05) is 41.4 Å². The van der Waals surface area contributed by atoms with E-state index < -0.39 is 11.9 Å². The van der Waals surface area contributed by atoms with E-state index in [4.69, 9.17) is 32.7 Å². The maximum Gasteiger partial charge on any atom is 0.343 e. The number of methoxy groups -OCH3 is 1. The number of amides is 2. The van der Waals surface area contributed by atoms with Crippen LogP contribution in [0.1, 0.15) is 21.5 Å². The molecular weight excluding hydrogens is 577 g/mol. The van der Waals surface area contributed by atoms with Crippen molar-refractivity contribution in [3.8, 4) is 11.5 Å². The highest BCUT2D eigenvalue weighted by molar-refractivity contribution is 9.10. The molecular formula is C25H16BrCl2NO5S. The van der Waals surface area contributed by atoms with E-state index in [1.54, 1.807) is 66.7 Å². The zero-order chi connectivity index (χ0) is 25.1. The molecule has 0 radical (unpaired) electrons. The highest BCUT2D eigenvalue weighted by Crippen LogP contribution is 2.40. The van der Waals surface area contributed by atoms with Crippen molar-refractivity contribution in [1.82, 2.24) is 4.90 Å². The van der Waals surface area contributed by atoms with Crippen LogP contribution < -0.4 is 9.47 Å². The molecule has 0 atom stereocenters. The number of esters is 1. The summed E-state index contributed by atoms with van der Waals surface area (Å²) in [6.45, 7) is 0.0777. The number of carbonyl (C=O) groups is 3. The summed E-state index contributed by atoms with van der Waals surface area (Å²) < 4.78 is 11.4. The fourth-order valence-electron chi connectivity index (χ4n) is 3.24. The minimum absolute atomic E-state index is 0.0777. The summed E-state index contributed by atoms with van der Waals surface area (Å²) in [5.41, 5.74) is 1.57. The van der Waals surface area contributed by atoms with Crippen LogP contribution in [0, 0.1) is 0 Å². The second-order valence-corrected chi connectivity index (χ2v) is 9.98. The Bertz CT molecular complexity index is 1360. The Kier molecular flexibility index (Phi) is 7.86. The van der Waals surface area contributed by atoms with Crippen molar-refractivity contribution in [3.05, 3.63) is 96.8 Å². The largest absolute Gasteiger partial charge is 0.493 e. The number of halogens is 3. The number of benzene rings is 3. The molecule has 1 aliphatic heterocycles. The molecule has 0 bridgehead atoms. The Morgan fingerprint density at radius 1 is 1.09 bits per heavy atom. The van der Waals surface area contributed by atoms with Gasteiger partial charge in [-0.3, -0.25) is 14.5 Å². The van der Waals surface area contributed by atoms with Gasteiger partial charge in [0.1, 0.15) is 0 Å². The van der Waals surface area contributed by atoms with Crippen LogP contribution in [-0.4, -0.2) is 29.1 Å². The number of thioether (sulfide) groups is 1. The standard InChI is InChI=1S/C25H16BrCl2NO5S/c1-33-20-11-14(10-18(26)22(20)34-24(31)15-6-8-17(27)9-7-15)12-21-23(30)29(25(32)35-21)13-16-4-2-3-5-19(16)28/h2-12H,13H2,1H3/b21-12-. The van der Waals surface area contributed by atoms with E-state index in [1.807, 2.05) is 0 Å². The molecule has 35 heavy (non-hydrogen) atoms. The molecule has 2 amide bonds. The molecule has 3 aromatic carbocycles. The third-order valence-electron chi connectivity index (χ3n) is 4.98. The predicted octanol–water partition coefficient (Wildman–Crippen LogP) is 7.22. The Labute approximate surface area is 223 Å². The van der Waals surface area contributed by atoms with Gasteiger partial charge in [-0.2, -0.15) is 0 Å². The van der Waals surface area contributed by atoms with E-state index >= 15 is 0 Å². The zero-order valence-electron chi connectivity index (χ0n) is 18.1. The molecule has 1 saturated heterocycles. The Hall–Kier alpha value is -2.78. The molecule has 0 unspecified atom stereocenters. The van der Waals surface area contributed by atoms with E-state index in [0.717, 1.165) is 16.7 Å². The van der Waals surface area contributed by atoms with Crippen LogP contribution in [0.4, 0.5) is 4.79 Å². The normalized spacial score (nSPS) is 14.5. The molecule has 0 saturated carbocycles. The van der Waals surface area contributed by atoms with Gasteiger partial charge in [0.2, 0.25) is 0 Å². The fourth-order valence-corrected chi connectivity index (χ4v) is 4.94. The highest BCUT2D eigenvalue weighted by atomic mass is 79.9. The van der Waals surface area contributed by atoms with E-state index in [9.17, 15) is 14.4 Å². The fraction of sp³-hybridized carbons (Fsp3) is 0.0800. The molecule has 0 N–H and O–H groups in total. The molecule has 1 heterocycles. The van der Waals surface area contributed by atoms with Crippen molar-refractivity contribution in [3.63, 3.8) is 0 Å². The van der Waals surface area contributed by atoms with Crippen molar-refractivity contribution < 1.29 is 23.9 Å². The molecule has 0 aliphatic carbocycles. The molecule has 1 fully saturated rings. The lowest BCUT2D eigenvalue weighted by Crippen LogP contribution is -2.27. The van der Waals surface area contributed by atoms with Crippen LogP contribution >= 0.6 is 50.9 Å². The Morgan fingerprint density at radius 2 is 1.80 bits per heavy atom. The van der Waals surface area contributed by atoms with Crippen molar-refractivity contribution in [1.29, 1.82) is 0 Å². The predicted molar refractivity (Wildman–Crippen MR) is 140 cm³/mol. The second-order valence-electron chi connectivity index (χ2n) is 7.29. The third-order valence-corrected chi connectivity index (χ3v) is 7.10. The zero-order valence-corrected chi connectivity index (χ0v) is 22.0. The van der Waals surface area contributed by atoms with E-state index in [-0.39, 0.29) is 28.2 Å². The van der Waals surface area contributed by atoms with Gasteiger partial charge < -0.3 is 9.47 Å². The lowest BCUT2D eigenvalue weighted by molar-refractivity contribution is -0.123. The van der Waals surface area contributed by atoms with Crippen LogP contribution in [0.2, 0.25) is 10.0 Å². The number of hydrogen-bond donors (Lipinski definition) is 0. The minimum Gasteiger partial charge on any atom is -0.493 e. The molecule has 0 spiro atoms. The van der Waals surface area contributed by atoms with Gasteiger partial charge >= 0.3 is 5.97 Å². The van der Waals surface area contributed by atoms with Crippen molar-refractivity contribution in [2.75, 3.05) is 7.11 Å². The third kappa shape index (κ3) is 5.73. The number of imide groups is 1. The summed E-state index contributed by atoms with van der Waals surface area (Å²) in [5.74, 6) is -0.568. The van der Waals surface area contributed by atoms with Gasteiger partial charge in [0.15, 0.2) is 11.5 Å². The first-order valence-corrected chi connectivity index (χ1v) is 12.5. The van der Waals surface area contributed by atoms with Gasteiger partial charge in [0.25, 0.3) is 11.1 Å². The monoisotopic (exact) mass is 591 g/mol. The van der Waals surface area contributed by atoms with Crippen LogP contribution in [0.5, 0.6) is 11.5 Å². The first-order valence-electron chi connectivity index (χ1n) is 10.1. The van der Waals surface area contributed by atoms with Crippen LogP contribution in [0.3, 0.4) is 0 Å². The molecule has 10 heteroatoms. The highest BCUT2D eigenvalue weighted by Gasteiger charge is 2.35. The first kappa shape index (κ1) is 25.3. The summed E-state index contributed by atoms with van der Waals surface area (Å²) in [6.07, 6.45) is 1.58. The van der Waals surface area contributed by atoms with Crippen LogP contribution in [0.25, 0.3) is 6.08 Å². The summed E-state index contributed by atoms with van der Waals surface area (Å²) >= 11 is 16.3. The number of rotatable bonds is 6. The summed E-state index contributed by atoms with van der Waals surface area (Å²) in [7, 11) is 1.43. The van der Waals surface area contributed by atoms with Crippen molar-refractivity contribution >= 4 is 74.1 Å². The SMILES string of the molecule is COc1cc(/C=C2\SC(=O)N(Cc3ccccc3Cl)C2=O)cc(Br)c1OC(=O)c1ccc(Cl)cc1. The van der Waals surface area contributed by atoms with E-state index in [2.05, 4.69) is 15.9 Å². The van der Waals surface area contributed by atoms with Crippen LogP contribution in [0.15, 0.2) is 70.0 Å². The number of ether oxygens (including phenoxy) is 2. The number of carbonyl (C=O) groups excluding carboxylic acids is 3. The summed E-state index contributed by atoms with van der Waals surface area (Å²) in [5, 5.41) is 0.592. The quantitative estimate of drug-likeness (QED) is 0.171. The second kappa shape index (κ2) is 10.9. The molecule has 0 aromatic heterocycles. The lowest BCUT2D eigenvalue weighted by Gasteiger charge is -2.13. The summed E-state index contributed by atoms with van der Waals surface area (Å²) in [6, 6.07) is 16.6. The lowest BCUT2D eigenvalue weighted by atomic mass is 10.1. The molecule has 6 nitrogen and oxygen atoms in total. The number of hydrogen-bond acceptors (Lipinski definition) is 6. The minimum atomic E-state index is -0.589. The topological polar surface area (TPSA) is 72.9 Å². The molecule has 3 aromatic rings. The maximum absolute atomic E-state index is 12.9. The van der Waals surface area contributed by atoms with E-state index in [0.29, 0.717) is 31.2 Å².